The first-order valence-corrected chi connectivity index (χ1v) is 4.30. The lowest BCUT2D eigenvalue weighted by Crippen LogP contribution is -2.27. The molecule has 1 atom stereocenters. The summed E-state index contributed by atoms with van der Waals surface area (Å²) in [5.41, 5.74) is 5.18. The molecule has 0 radical (unpaired) electrons. The molecule has 0 saturated heterocycles. The van der Waals surface area contributed by atoms with Crippen molar-refractivity contribution < 1.29 is 12.3 Å². The molecule has 0 aliphatic rings. The van der Waals surface area contributed by atoms with Crippen LogP contribution < -0.4 is 5.73 Å². The third kappa shape index (κ3) is 5.71. The SMILES string of the molecule is C=CCC(N)CS(=O)(=O)F. The van der Waals surface area contributed by atoms with Gasteiger partial charge in [0.1, 0.15) is 0 Å². The molecule has 0 aliphatic heterocycles. The Labute approximate surface area is 59.9 Å². The van der Waals surface area contributed by atoms with Crippen LogP contribution in [0.5, 0.6) is 0 Å². The highest BCUT2D eigenvalue weighted by Gasteiger charge is 2.12. The average Bonchev–Trinajstić information content (AvgIpc) is 1.59. The summed E-state index contributed by atoms with van der Waals surface area (Å²) in [6.07, 6.45) is 1.76. The monoisotopic (exact) mass is 167 g/mol. The third-order valence-electron chi connectivity index (χ3n) is 0.883. The normalized spacial score (nSPS) is 14.6. The second-order valence-electron chi connectivity index (χ2n) is 1.99. The largest absolute Gasteiger partial charge is 0.326 e. The molecule has 3 nitrogen and oxygen atoms in total. The van der Waals surface area contributed by atoms with Crippen molar-refractivity contribution in [2.24, 2.45) is 5.73 Å². The quantitative estimate of drug-likeness (QED) is 0.480. The highest BCUT2D eigenvalue weighted by molar-refractivity contribution is 7.86. The van der Waals surface area contributed by atoms with E-state index in [0.717, 1.165) is 0 Å². The zero-order valence-corrected chi connectivity index (χ0v) is 6.27. The summed E-state index contributed by atoms with van der Waals surface area (Å²) < 4.78 is 31.7. The fourth-order valence-electron chi connectivity index (χ4n) is 0.538. The number of nitrogens with two attached hydrogens (primary N) is 1. The highest BCUT2D eigenvalue weighted by Crippen LogP contribution is 1.97. The first-order chi connectivity index (χ1) is 4.45. The van der Waals surface area contributed by atoms with Crippen LogP contribution in [0.4, 0.5) is 3.89 Å². The molecule has 10 heavy (non-hydrogen) atoms. The maximum Gasteiger partial charge on any atom is 0.303 e. The van der Waals surface area contributed by atoms with E-state index in [2.05, 4.69) is 6.58 Å². The van der Waals surface area contributed by atoms with Crippen LogP contribution in [0.1, 0.15) is 6.42 Å². The van der Waals surface area contributed by atoms with Crippen LogP contribution in [0, 0.1) is 0 Å². The molecule has 0 saturated carbocycles. The summed E-state index contributed by atoms with van der Waals surface area (Å²) in [5, 5.41) is 0. The van der Waals surface area contributed by atoms with Crippen LogP contribution in [0.3, 0.4) is 0 Å². The van der Waals surface area contributed by atoms with Crippen molar-refractivity contribution >= 4 is 10.2 Å². The predicted octanol–water partition coefficient (Wildman–Crippen LogP) is 0.189. The van der Waals surface area contributed by atoms with Gasteiger partial charge in [-0.05, 0) is 6.42 Å². The van der Waals surface area contributed by atoms with Crippen molar-refractivity contribution in [1.82, 2.24) is 0 Å². The van der Waals surface area contributed by atoms with Gasteiger partial charge in [-0.3, -0.25) is 0 Å². The van der Waals surface area contributed by atoms with Gasteiger partial charge in [0, 0.05) is 6.04 Å². The van der Waals surface area contributed by atoms with Crippen molar-refractivity contribution in [3.8, 4) is 0 Å². The van der Waals surface area contributed by atoms with Gasteiger partial charge in [-0.1, -0.05) is 6.08 Å². The Morgan fingerprint density at radius 2 is 2.20 bits per heavy atom. The van der Waals surface area contributed by atoms with Crippen LogP contribution >= 0.6 is 0 Å². The van der Waals surface area contributed by atoms with Crippen molar-refractivity contribution in [3.05, 3.63) is 12.7 Å². The van der Waals surface area contributed by atoms with E-state index in [1.54, 1.807) is 0 Å². The first kappa shape index (κ1) is 9.58. The lowest BCUT2D eigenvalue weighted by molar-refractivity contribution is 0.543. The molecule has 0 rings (SSSR count). The Bertz CT molecular complexity index is 200. The average molecular weight is 167 g/mol. The first-order valence-electron chi connectivity index (χ1n) is 2.74. The van der Waals surface area contributed by atoms with Gasteiger partial charge in [-0.25, -0.2) is 0 Å². The maximum absolute atomic E-state index is 11.8. The number of rotatable bonds is 4. The van der Waals surface area contributed by atoms with Gasteiger partial charge < -0.3 is 5.73 Å². The predicted molar refractivity (Wildman–Crippen MR) is 37.7 cm³/mol. The highest BCUT2D eigenvalue weighted by atomic mass is 32.3. The molecule has 0 bridgehead atoms. The van der Waals surface area contributed by atoms with Crippen molar-refractivity contribution in [2.45, 2.75) is 12.5 Å². The molecular weight excluding hydrogens is 157 g/mol. The minimum atomic E-state index is -4.42. The van der Waals surface area contributed by atoms with Crippen molar-refractivity contribution in [3.63, 3.8) is 0 Å². The summed E-state index contributed by atoms with van der Waals surface area (Å²) in [5.74, 6) is -0.626. The van der Waals surface area contributed by atoms with E-state index in [0.29, 0.717) is 6.42 Å². The number of hydrogen-bond donors (Lipinski definition) is 1. The summed E-state index contributed by atoms with van der Waals surface area (Å²) >= 11 is 0. The van der Waals surface area contributed by atoms with E-state index in [1.165, 1.54) is 6.08 Å². The standard InChI is InChI=1S/C5H10FNO2S/c1-2-3-5(7)4-10(6,8)9/h2,5H,1,3-4,7H2. The molecule has 0 aliphatic carbocycles. The minimum Gasteiger partial charge on any atom is -0.326 e. The zero-order valence-electron chi connectivity index (χ0n) is 5.46. The fourth-order valence-corrected chi connectivity index (χ4v) is 1.19. The van der Waals surface area contributed by atoms with Gasteiger partial charge in [0.25, 0.3) is 0 Å². The summed E-state index contributed by atoms with van der Waals surface area (Å²) in [6.45, 7) is 3.33. The van der Waals surface area contributed by atoms with E-state index in [4.69, 9.17) is 5.73 Å². The third-order valence-corrected chi connectivity index (χ3v) is 1.71. The van der Waals surface area contributed by atoms with Crippen LogP contribution in [-0.2, 0) is 10.2 Å². The molecule has 60 valence electrons. The van der Waals surface area contributed by atoms with Gasteiger partial charge >= 0.3 is 10.2 Å². The Morgan fingerprint density at radius 1 is 1.70 bits per heavy atom. The van der Waals surface area contributed by atoms with E-state index in [-0.39, 0.29) is 0 Å². The Morgan fingerprint density at radius 3 is 2.50 bits per heavy atom. The van der Waals surface area contributed by atoms with Gasteiger partial charge in [-0.15, -0.1) is 10.5 Å². The van der Waals surface area contributed by atoms with Crippen LogP contribution in [0.25, 0.3) is 0 Å². The van der Waals surface area contributed by atoms with Gasteiger partial charge in [0.05, 0.1) is 5.75 Å². The fraction of sp³-hybridized carbons (Fsp3) is 0.600. The topological polar surface area (TPSA) is 60.2 Å². The molecule has 0 fully saturated rings. The smallest absolute Gasteiger partial charge is 0.303 e. The zero-order chi connectivity index (χ0) is 8.20. The second kappa shape index (κ2) is 3.68. The molecule has 5 heteroatoms. The number of hydrogen-bond acceptors (Lipinski definition) is 3. The van der Waals surface area contributed by atoms with Gasteiger partial charge in [0.2, 0.25) is 0 Å². The van der Waals surface area contributed by atoms with E-state index in [1.807, 2.05) is 0 Å². The lowest BCUT2D eigenvalue weighted by atomic mass is 10.2. The molecule has 2 N–H and O–H groups in total. The van der Waals surface area contributed by atoms with E-state index in [9.17, 15) is 12.3 Å². The van der Waals surface area contributed by atoms with Crippen molar-refractivity contribution in [1.29, 1.82) is 0 Å². The summed E-state index contributed by atoms with van der Waals surface area (Å²) in [7, 11) is -4.42. The summed E-state index contributed by atoms with van der Waals surface area (Å²) in [4.78, 5) is 0. The summed E-state index contributed by atoms with van der Waals surface area (Å²) in [6, 6.07) is -0.674. The molecule has 0 aromatic carbocycles. The molecule has 0 aromatic heterocycles. The molecular formula is C5H10FNO2S. The van der Waals surface area contributed by atoms with E-state index < -0.39 is 22.0 Å². The molecule has 0 aromatic rings. The maximum atomic E-state index is 11.8. The Kier molecular flexibility index (Phi) is 3.52. The Balaban J connectivity index is 3.80. The minimum absolute atomic E-state index is 0.309. The second-order valence-corrected chi connectivity index (χ2v) is 3.40. The van der Waals surface area contributed by atoms with E-state index >= 15 is 0 Å². The molecule has 0 spiro atoms. The van der Waals surface area contributed by atoms with Crippen LogP contribution in [-0.4, -0.2) is 20.2 Å². The van der Waals surface area contributed by atoms with Gasteiger partial charge in [0.15, 0.2) is 0 Å². The van der Waals surface area contributed by atoms with Crippen molar-refractivity contribution in [2.75, 3.05) is 5.75 Å². The Hall–Kier alpha value is -0.420. The molecule has 0 heterocycles. The van der Waals surface area contributed by atoms with Crippen LogP contribution in [0.2, 0.25) is 0 Å². The number of halogens is 1. The molecule has 0 amide bonds. The molecule has 1 unspecified atom stereocenters. The lowest BCUT2D eigenvalue weighted by Gasteiger charge is -2.02. The van der Waals surface area contributed by atoms with Gasteiger partial charge in [-0.2, -0.15) is 8.42 Å². The van der Waals surface area contributed by atoms with Crippen LogP contribution in [0.15, 0.2) is 12.7 Å².